The zero-order chi connectivity index (χ0) is 8.48. The molecule has 0 radical (unpaired) electrons. The average Bonchev–Trinajstić information content (AvgIpc) is 1.86. The molecule has 0 aliphatic carbocycles. The summed E-state index contributed by atoms with van der Waals surface area (Å²) in [6.07, 6.45) is 4.24. The molecule has 3 heteroatoms. The minimum Gasteiger partial charge on any atom is -1.00 e. The number of pyridine rings is 1. The molecule has 1 aromatic rings. The molecule has 1 aromatic heterocycles. The van der Waals surface area contributed by atoms with Crippen LogP contribution in [0.4, 0.5) is 0 Å². The second kappa shape index (κ2) is 4.37. The molecule has 0 unspecified atom stereocenters. The van der Waals surface area contributed by atoms with Crippen LogP contribution in [0.3, 0.4) is 0 Å². The maximum atomic E-state index is 2.36. The van der Waals surface area contributed by atoms with Gasteiger partial charge < -0.3 is 24.0 Å². The molecule has 0 spiro atoms. The number of hydrogen-bond donors (Lipinski definition) is 0. The van der Waals surface area contributed by atoms with Gasteiger partial charge in [-0.3, -0.25) is 0 Å². The van der Waals surface area contributed by atoms with Crippen LogP contribution in [-0.4, -0.2) is 8.07 Å². The highest BCUT2D eigenvalue weighted by Gasteiger charge is 2.16. The maximum absolute atomic E-state index is 2.36. The number of aromatic nitrogens is 1. The van der Waals surface area contributed by atoms with Gasteiger partial charge in [0.1, 0.15) is 7.05 Å². The molecule has 0 saturated heterocycles. The van der Waals surface area contributed by atoms with Gasteiger partial charge in [0.2, 0.25) is 0 Å². The Hall–Kier alpha value is 0.0969. The van der Waals surface area contributed by atoms with Crippen molar-refractivity contribution in [2.24, 2.45) is 7.05 Å². The quantitative estimate of drug-likeness (QED) is 0.322. The Bertz CT molecular complexity index is 238. The standard InChI is InChI=1S/C9H16NSi.HI/c1-10-7-5-9(6-8-10)11(2,3)4;/h5-8H,1-4H3;1H/q+1;/p-1. The lowest BCUT2D eigenvalue weighted by Gasteiger charge is -2.14. The van der Waals surface area contributed by atoms with Gasteiger partial charge in [-0.05, 0) is 5.19 Å². The Balaban J connectivity index is 0.00000121. The van der Waals surface area contributed by atoms with Crippen molar-refractivity contribution in [1.29, 1.82) is 0 Å². The Labute approximate surface area is 92.8 Å². The van der Waals surface area contributed by atoms with E-state index in [-0.39, 0.29) is 24.0 Å². The summed E-state index contributed by atoms with van der Waals surface area (Å²) in [5.74, 6) is 0. The van der Waals surface area contributed by atoms with Crippen LogP contribution >= 0.6 is 0 Å². The Morgan fingerprint density at radius 3 is 1.83 bits per heavy atom. The second-order valence-electron chi connectivity index (χ2n) is 4.00. The Morgan fingerprint density at radius 2 is 1.50 bits per heavy atom. The number of halogens is 1. The summed E-state index contributed by atoms with van der Waals surface area (Å²) in [6.45, 7) is 7.09. The van der Waals surface area contributed by atoms with Crippen LogP contribution in [0.1, 0.15) is 0 Å². The van der Waals surface area contributed by atoms with E-state index >= 15 is 0 Å². The van der Waals surface area contributed by atoms with E-state index < -0.39 is 8.07 Å². The van der Waals surface area contributed by atoms with Crippen LogP contribution in [0.25, 0.3) is 0 Å². The molecule has 0 N–H and O–H groups in total. The molecule has 1 rings (SSSR count). The van der Waals surface area contributed by atoms with E-state index in [1.807, 2.05) is 7.05 Å². The molecule has 0 bridgehead atoms. The monoisotopic (exact) mass is 293 g/mol. The van der Waals surface area contributed by atoms with Crippen molar-refractivity contribution in [3.8, 4) is 0 Å². The van der Waals surface area contributed by atoms with Gasteiger partial charge in [0.15, 0.2) is 12.4 Å². The first-order valence-electron chi connectivity index (χ1n) is 3.96. The first-order chi connectivity index (χ1) is 5.00. The van der Waals surface area contributed by atoms with Crippen molar-refractivity contribution in [3.05, 3.63) is 24.5 Å². The molecule has 0 atom stereocenters. The van der Waals surface area contributed by atoms with Crippen LogP contribution in [0.2, 0.25) is 19.6 Å². The number of rotatable bonds is 1. The molecule has 12 heavy (non-hydrogen) atoms. The first-order valence-corrected chi connectivity index (χ1v) is 7.46. The van der Waals surface area contributed by atoms with E-state index in [2.05, 4.69) is 48.7 Å². The lowest BCUT2D eigenvalue weighted by molar-refractivity contribution is -0.671. The molecule has 0 aliphatic rings. The van der Waals surface area contributed by atoms with Gasteiger partial charge in [-0.15, -0.1) is 0 Å². The number of hydrogen-bond acceptors (Lipinski definition) is 0. The van der Waals surface area contributed by atoms with Gasteiger partial charge in [0.05, 0.1) is 8.07 Å². The minimum atomic E-state index is -1.07. The fraction of sp³-hybridized carbons (Fsp3) is 0.444. The van der Waals surface area contributed by atoms with Crippen molar-refractivity contribution in [2.45, 2.75) is 19.6 Å². The molecule has 0 fully saturated rings. The smallest absolute Gasteiger partial charge is 0.168 e. The van der Waals surface area contributed by atoms with Crippen molar-refractivity contribution in [1.82, 2.24) is 0 Å². The third kappa shape index (κ3) is 3.22. The summed E-state index contributed by atoms with van der Waals surface area (Å²) in [5, 5.41) is 1.52. The van der Waals surface area contributed by atoms with Crippen LogP contribution in [0.15, 0.2) is 24.5 Å². The Kier molecular flexibility index (Phi) is 4.40. The van der Waals surface area contributed by atoms with E-state index in [1.54, 1.807) is 0 Å². The Morgan fingerprint density at radius 1 is 1.08 bits per heavy atom. The third-order valence-electron chi connectivity index (χ3n) is 1.84. The fourth-order valence-electron chi connectivity index (χ4n) is 1.00. The lowest BCUT2D eigenvalue weighted by Crippen LogP contribution is -3.00. The van der Waals surface area contributed by atoms with E-state index in [9.17, 15) is 0 Å². The van der Waals surface area contributed by atoms with Crippen LogP contribution in [0, 0.1) is 0 Å². The van der Waals surface area contributed by atoms with Gasteiger partial charge in [-0.2, -0.15) is 0 Å². The van der Waals surface area contributed by atoms with Gasteiger partial charge in [0.25, 0.3) is 0 Å². The summed E-state index contributed by atoms with van der Waals surface area (Å²) in [5.41, 5.74) is 0. The molecule has 0 amide bonds. The molecular weight excluding hydrogens is 277 g/mol. The van der Waals surface area contributed by atoms with E-state index in [0.717, 1.165) is 0 Å². The highest BCUT2D eigenvalue weighted by molar-refractivity contribution is 6.88. The van der Waals surface area contributed by atoms with E-state index in [1.165, 1.54) is 5.19 Å². The molecular formula is C9H16INSi. The summed E-state index contributed by atoms with van der Waals surface area (Å²) < 4.78 is 2.07. The van der Waals surface area contributed by atoms with Gasteiger partial charge in [0, 0.05) is 12.1 Å². The maximum Gasteiger partial charge on any atom is 0.168 e. The zero-order valence-corrected chi connectivity index (χ0v) is 11.3. The summed E-state index contributed by atoms with van der Waals surface area (Å²) in [4.78, 5) is 0. The lowest BCUT2D eigenvalue weighted by atomic mass is 10.5. The normalized spacial score (nSPS) is 10.7. The van der Waals surface area contributed by atoms with E-state index in [0.29, 0.717) is 0 Å². The van der Waals surface area contributed by atoms with Crippen molar-refractivity contribution >= 4 is 13.3 Å². The van der Waals surface area contributed by atoms with Crippen molar-refractivity contribution in [3.63, 3.8) is 0 Å². The zero-order valence-electron chi connectivity index (χ0n) is 8.13. The van der Waals surface area contributed by atoms with Gasteiger partial charge in [-0.1, -0.05) is 19.6 Å². The highest BCUT2D eigenvalue weighted by atomic mass is 127. The molecule has 68 valence electrons. The number of nitrogens with zero attached hydrogens (tertiary/aromatic N) is 1. The summed E-state index contributed by atoms with van der Waals surface area (Å²) in [7, 11) is 0.980. The van der Waals surface area contributed by atoms with Crippen molar-refractivity contribution < 1.29 is 28.5 Å². The fourth-order valence-corrected chi connectivity index (χ4v) is 2.15. The van der Waals surface area contributed by atoms with Crippen LogP contribution in [-0.2, 0) is 7.05 Å². The SMILES string of the molecule is C[n+]1ccc([Si](C)(C)C)cc1.[I-]. The topological polar surface area (TPSA) is 3.88 Å². The molecule has 0 aromatic carbocycles. The van der Waals surface area contributed by atoms with Gasteiger partial charge >= 0.3 is 0 Å². The van der Waals surface area contributed by atoms with Gasteiger partial charge in [-0.25, -0.2) is 4.57 Å². The second-order valence-corrected chi connectivity index (χ2v) is 9.08. The van der Waals surface area contributed by atoms with E-state index in [4.69, 9.17) is 0 Å². The number of aryl methyl sites for hydroxylation is 1. The third-order valence-corrected chi connectivity index (χ3v) is 3.91. The molecule has 0 saturated carbocycles. The minimum absolute atomic E-state index is 0. The molecule has 0 aliphatic heterocycles. The van der Waals surface area contributed by atoms with Crippen LogP contribution in [0.5, 0.6) is 0 Å². The predicted octanol–water partition coefficient (Wildman–Crippen LogP) is -1.94. The highest BCUT2D eigenvalue weighted by Crippen LogP contribution is 1.99. The predicted molar refractivity (Wildman–Crippen MR) is 50.6 cm³/mol. The molecule has 1 heterocycles. The first kappa shape index (κ1) is 12.1. The largest absolute Gasteiger partial charge is 1.00 e. The molecule has 1 nitrogen and oxygen atoms in total. The summed E-state index contributed by atoms with van der Waals surface area (Å²) >= 11 is 0. The summed E-state index contributed by atoms with van der Waals surface area (Å²) in [6, 6.07) is 4.46. The van der Waals surface area contributed by atoms with Crippen LogP contribution < -0.4 is 33.7 Å². The average molecular weight is 293 g/mol. The van der Waals surface area contributed by atoms with Crippen molar-refractivity contribution in [2.75, 3.05) is 0 Å².